The average Bonchev–Trinajstić information content (AvgIpc) is 2.46. The average molecular weight is 280 g/mol. The van der Waals surface area contributed by atoms with Gasteiger partial charge in [-0.05, 0) is 42.0 Å². The number of azo groups is 1. The Hall–Kier alpha value is -1.96. The minimum Gasteiger partial charge on any atom is -0.185 e. The third kappa shape index (κ3) is 4.82. The number of hydrogen-bond donors (Lipinski definition) is 0. The van der Waals surface area contributed by atoms with Crippen LogP contribution in [-0.4, -0.2) is 6.04 Å². The Bertz CT molecular complexity index is 577. The molecule has 2 nitrogen and oxygen atoms in total. The van der Waals surface area contributed by atoms with Crippen molar-refractivity contribution in [3.63, 3.8) is 0 Å². The molecule has 0 aliphatic rings. The molecule has 0 spiro atoms. The molecule has 2 rings (SSSR count). The van der Waals surface area contributed by atoms with Crippen LogP contribution in [-0.2, 0) is 11.8 Å². The zero-order valence-corrected chi connectivity index (χ0v) is 13.4. The lowest BCUT2D eigenvalue weighted by atomic mass is 9.86. The van der Waals surface area contributed by atoms with E-state index in [1.807, 2.05) is 30.3 Å². The van der Waals surface area contributed by atoms with E-state index < -0.39 is 0 Å². The summed E-state index contributed by atoms with van der Waals surface area (Å²) in [6, 6.07) is 18.9. The number of rotatable bonds is 4. The van der Waals surface area contributed by atoms with Crippen molar-refractivity contribution in [2.24, 2.45) is 10.2 Å². The standard InChI is InChI=1S/C19H24N2/c1-15(20-21-18-8-6-5-7-9-18)14-16-10-12-17(13-11-16)19(2,3)4/h5-13,15H,14H2,1-4H3/t15-/m0/s1. The highest BCUT2D eigenvalue weighted by atomic mass is 15.1. The van der Waals surface area contributed by atoms with E-state index in [2.05, 4.69) is 62.2 Å². The summed E-state index contributed by atoms with van der Waals surface area (Å²) in [5.74, 6) is 0. The van der Waals surface area contributed by atoms with Gasteiger partial charge in [0.2, 0.25) is 0 Å². The van der Waals surface area contributed by atoms with Crippen molar-refractivity contribution in [1.29, 1.82) is 0 Å². The van der Waals surface area contributed by atoms with E-state index in [0.717, 1.165) is 12.1 Å². The van der Waals surface area contributed by atoms with E-state index in [0.29, 0.717) is 0 Å². The number of hydrogen-bond acceptors (Lipinski definition) is 2. The van der Waals surface area contributed by atoms with Crippen molar-refractivity contribution in [3.05, 3.63) is 65.7 Å². The molecule has 21 heavy (non-hydrogen) atoms. The van der Waals surface area contributed by atoms with Gasteiger partial charge in [-0.1, -0.05) is 63.2 Å². The van der Waals surface area contributed by atoms with Gasteiger partial charge >= 0.3 is 0 Å². The third-order valence-corrected chi connectivity index (χ3v) is 3.48. The maximum atomic E-state index is 4.39. The lowest BCUT2D eigenvalue weighted by Crippen LogP contribution is -2.11. The second-order valence-corrected chi connectivity index (χ2v) is 6.55. The highest BCUT2D eigenvalue weighted by Gasteiger charge is 2.13. The van der Waals surface area contributed by atoms with Crippen LogP contribution in [0.4, 0.5) is 5.69 Å². The zero-order chi connectivity index (χ0) is 15.3. The molecule has 0 amide bonds. The molecule has 0 aliphatic heterocycles. The fraction of sp³-hybridized carbons (Fsp3) is 0.368. The first-order valence-electron chi connectivity index (χ1n) is 7.50. The molecule has 110 valence electrons. The zero-order valence-electron chi connectivity index (χ0n) is 13.4. The molecule has 0 aromatic heterocycles. The number of benzene rings is 2. The van der Waals surface area contributed by atoms with Gasteiger partial charge in [0.1, 0.15) is 0 Å². The van der Waals surface area contributed by atoms with Crippen molar-refractivity contribution < 1.29 is 0 Å². The molecular formula is C19H24N2. The Morgan fingerprint density at radius 2 is 1.52 bits per heavy atom. The summed E-state index contributed by atoms with van der Waals surface area (Å²) in [7, 11) is 0. The minimum atomic E-state index is 0.186. The first-order chi connectivity index (χ1) is 9.95. The summed E-state index contributed by atoms with van der Waals surface area (Å²) >= 11 is 0. The van der Waals surface area contributed by atoms with E-state index in [1.165, 1.54) is 11.1 Å². The molecule has 0 unspecified atom stereocenters. The molecule has 0 radical (unpaired) electrons. The van der Waals surface area contributed by atoms with Crippen molar-refractivity contribution in [3.8, 4) is 0 Å². The SMILES string of the molecule is C[C@@H](Cc1ccc(C(C)(C)C)cc1)N=Nc1ccccc1. The van der Waals surface area contributed by atoms with Gasteiger partial charge in [0, 0.05) is 0 Å². The molecular weight excluding hydrogens is 256 g/mol. The normalized spacial score (nSPS) is 13.5. The van der Waals surface area contributed by atoms with Gasteiger partial charge < -0.3 is 0 Å². The van der Waals surface area contributed by atoms with Crippen LogP contribution >= 0.6 is 0 Å². The van der Waals surface area contributed by atoms with Crippen molar-refractivity contribution in [1.82, 2.24) is 0 Å². The molecule has 1 atom stereocenters. The maximum absolute atomic E-state index is 4.39. The molecule has 0 N–H and O–H groups in total. The minimum absolute atomic E-state index is 0.186. The summed E-state index contributed by atoms with van der Waals surface area (Å²) in [5.41, 5.74) is 3.79. The predicted octanol–water partition coefficient (Wildman–Crippen LogP) is 5.70. The topological polar surface area (TPSA) is 24.7 Å². The van der Waals surface area contributed by atoms with Crippen LogP contribution in [0.5, 0.6) is 0 Å². The molecule has 0 aliphatic carbocycles. The molecule has 2 aromatic rings. The van der Waals surface area contributed by atoms with Gasteiger partial charge in [0.05, 0.1) is 11.7 Å². The van der Waals surface area contributed by atoms with Crippen LogP contribution in [0, 0.1) is 0 Å². The van der Waals surface area contributed by atoms with Crippen molar-refractivity contribution in [2.75, 3.05) is 0 Å². The molecule has 0 fully saturated rings. The molecule has 0 saturated carbocycles. The van der Waals surface area contributed by atoms with E-state index in [1.54, 1.807) is 0 Å². The van der Waals surface area contributed by atoms with E-state index in [9.17, 15) is 0 Å². The van der Waals surface area contributed by atoms with Crippen molar-refractivity contribution >= 4 is 5.69 Å². The first-order valence-corrected chi connectivity index (χ1v) is 7.50. The Labute approximate surface area is 127 Å². The van der Waals surface area contributed by atoms with E-state index >= 15 is 0 Å². The molecule has 0 saturated heterocycles. The van der Waals surface area contributed by atoms with Crippen LogP contribution in [0.3, 0.4) is 0 Å². The van der Waals surface area contributed by atoms with Crippen LogP contribution in [0.25, 0.3) is 0 Å². The fourth-order valence-corrected chi connectivity index (χ4v) is 2.18. The molecule has 0 bridgehead atoms. The van der Waals surface area contributed by atoms with Gasteiger partial charge in [0.15, 0.2) is 0 Å². The van der Waals surface area contributed by atoms with Crippen LogP contribution < -0.4 is 0 Å². The van der Waals surface area contributed by atoms with Gasteiger partial charge in [-0.3, -0.25) is 0 Å². The van der Waals surface area contributed by atoms with Crippen LogP contribution in [0.15, 0.2) is 64.8 Å². The Balaban J connectivity index is 1.97. The predicted molar refractivity (Wildman–Crippen MR) is 89.3 cm³/mol. The van der Waals surface area contributed by atoms with E-state index in [-0.39, 0.29) is 11.5 Å². The fourth-order valence-electron chi connectivity index (χ4n) is 2.18. The van der Waals surface area contributed by atoms with Crippen LogP contribution in [0.2, 0.25) is 0 Å². The largest absolute Gasteiger partial charge is 0.185 e. The van der Waals surface area contributed by atoms with Gasteiger partial charge in [-0.2, -0.15) is 10.2 Å². The third-order valence-electron chi connectivity index (χ3n) is 3.48. The second kappa shape index (κ2) is 6.66. The lowest BCUT2D eigenvalue weighted by molar-refractivity contribution is 0.589. The van der Waals surface area contributed by atoms with Gasteiger partial charge in [0.25, 0.3) is 0 Å². The first kappa shape index (κ1) is 15.4. The Kier molecular flexibility index (Phi) is 4.89. The maximum Gasteiger partial charge on any atom is 0.0852 e. The highest BCUT2D eigenvalue weighted by molar-refractivity contribution is 5.34. The lowest BCUT2D eigenvalue weighted by Gasteiger charge is -2.19. The number of nitrogens with zero attached hydrogens (tertiary/aromatic N) is 2. The summed E-state index contributed by atoms with van der Waals surface area (Å²) in [6.07, 6.45) is 0.917. The van der Waals surface area contributed by atoms with E-state index in [4.69, 9.17) is 0 Å². The molecule has 2 aromatic carbocycles. The summed E-state index contributed by atoms with van der Waals surface area (Å²) in [6.45, 7) is 8.81. The van der Waals surface area contributed by atoms with Crippen molar-refractivity contribution in [2.45, 2.75) is 45.6 Å². The summed E-state index contributed by atoms with van der Waals surface area (Å²) in [4.78, 5) is 0. The summed E-state index contributed by atoms with van der Waals surface area (Å²) < 4.78 is 0. The Morgan fingerprint density at radius 3 is 2.10 bits per heavy atom. The Morgan fingerprint density at radius 1 is 0.905 bits per heavy atom. The quantitative estimate of drug-likeness (QED) is 0.642. The molecule has 0 heterocycles. The highest BCUT2D eigenvalue weighted by Crippen LogP contribution is 2.22. The monoisotopic (exact) mass is 280 g/mol. The van der Waals surface area contributed by atoms with Gasteiger partial charge in [-0.25, -0.2) is 0 Å². The smallest absolute Gasteiger partial charge is 0.0852 e. The second-order valence-electron chi connectivity index (χ2n) is 6.55. The molecule has 2 heteroatoms. The van der Waals surface area contributed by atoms with Crippen LogP contribution in [0.1, 0.15) is 38.8 Å². The van der Waals surface area contributed by atoms with Gasteiger partial charge in [-0.15, -0.1) is 0 Å². The summed E-state index contributed by atoms with van der Waals surface area (Å²) in [5, 5.41) is 8.67.